The van der Waals surface area contributed by atoms with E-state index in [1.165, 1.54) is 0 Å². The molecule has 0 aliphatic rings. The van der Waals surface area contributed by atoms with Crippen molar-refractivity contribution in [2.75, 3.05) is 5.75 Å². The van der Waals surface area contributed by atoms with Crippen LogP contribution in [-0.2, 0) is 14.6 Å². The third-order valence-corrected chi connectivity index (χ3v) is 5.15. The minimum atomic E-state index is -3.13. The minimum absolute atomic E-state index is 0.187. The normalized spacial score (nSPS) is 13.2. The molecule has 1 atom stereocenters. The van der Waals surface area contributed by atoms with Crippen molar-refractivity contribution in [1.29, 1.82) is 0 Å². The van der Waals surface area contributed by atoms with Crippen LogP contribution in [0.15, 0.2) is 29.2 Å². The molecule has 0 amide bonds. The smallest absolute Gasteiger partial charge is 0.178 e. The van der Waals surface area contributed by atoms with Crippen LogP contribution in [0.25, 0.3) is 0 Å². The summed E-state index contributed by atoms with van der Waals surface area (Å²) >= 11 is 0. The maximum atomic E-state index is 11.9. The van der Waals surface area contributed by atoms with Gasteiger partial charge in [0, 0.05) is 6.42 Å². The Kier molecular flexibility index (Phi) is 5.73. The average Bonchev–Trinajstić information content (AvgIpc) is 2.36. The molecule has 19 heavy (non-hydrogen) atoms. The summed E-state index contributed by atoms with van der Waals surface area (Å²) in [6.45, 7) is 5.50. The van der Waals surface area contributed by atoms with Gasteiger partial charge in [-0.05, 0) is 43.4 Å². The fourth-order valence-electron chi connectivity index (χ4n) is 1.98. The standard InChI is InChI=1S/C15H22O3S/c1-4-11-19(17,18)15-9-7-14(8-10-15)12(2)5-6-13(3)16/h7-10,12H,4-6,11H2,1-3H3. The molecular formula is C15H22O3S. The molecule has 0 aliphatic heterocycles. The van der Waals surface area contributed by atoms with Crippen LogP contribution < -0.4 is 0 Å². The van der Waals surface area contributed by atoms with Gasteiger partial charge in [0.05, 0.1) is 10.6 Å². The van der Waals surface area contributed by atoms with Crippen molar-refractivity contribution in [3.05, 3.63) is 29.8 Å². The zero-order valence-electron chi connectivity index (χ0n) is 11.8. The van der Waals surface area contributed by atoms with E-state index >= 15 is 0 Å². The topological polar surface area (TPSA) is 51.2 Å². The first-order chi connectivity index (χ1) is 8.86. The largest absolute Gasteiger partial charge is 0.300 e. The molecule has 106 valence electrons. The Morgan fingerprint density at radius 2 is 1.79 bits per heavy atom. The third-order valence-electron chi connectivity index (χ3n) is 3.21. The molecule has 0 fully saturated rings. The van der Waals surface area contributed by atoms with Crippen molar-refractivity contribution in [2.45, 2.75) is 50.8 Å². The van der Waals surface area contributed by atoms with E-state index in [-0.39, 0.29) is 17.5 Å². The zero-order chi connectivity index (χ0) is 14.5. The fourth-order valence-corrected chi connectivity index (χ4v) is 3.30. The van der Waals surface area contributed by atoms with Gasteiger partial charge in [0.25, 0.3) is 0 Å². The molecule has 1 aromatic rings. The maximum absolute atomic E-state index is 11.9. The first-order valence-corrected chi connectivity index (χ1v) is 8.34. The van der Waals surface area contributed by atoms with Gasteiger partial charge in [0.2, 0.25) is 0 Å². The van der Waals surface area contributed by atoms with Gasteiger partial charge < -0.3 is 4.79 Å². The van der Waals surface area contributed by atoms with E-state index in [4.69, 9.17) is 0 Å². The van der Waals surface area contributed by atoms with E-state index < -0.39 is 9.84 Å². The van der Waals surface area contributed by atoms with Crippen molar-refractivity contribution in [2.24, 2.45) is 0 Å². The molecule has 4 heteroatoms. The molecule has 0 radical (unpaired) electrons. The predicted molar refractivity (Wildman–Crippen MR) is 77.1 cm³/mol. The highest BCUT2D eigenvalue weighted by molar-refractivity contribution is 7.91. The van der Waals surface area contributed by atoms with E-state index in [2.05, 4.69) is 6.92 Å². The molecule has 0 saturated heterocycles. The number of hydrogen-bond donors (Lipinski definition) is 0. The van der Waals surface area contributed by atoms with Crippen LogP contribution in [0.5, 0.6) is 0 Å². The molecule has 0 aromatic heterocycles. The SMILES string of the molecule is CCCS(=O)(=O)c1ccc(C(C)CCC(C)=O)cc1. The molecule has 1 rings (SSSR count). The van der Waals surface area contributed by atoms with Gasteiger partial charge >= 0.3 is 0 Å². The second-order valence-electron chi connectivity index (χ2n) is 5.03. The molecule has 0 saturated carbocycles. The number of ketones is 1. The van der Waals surface area contributed by atoms with Crippen LogP contribution in [0.4, 0.5) is 0 Å². The van der Waals surface area contributed by atoms with E-state index in [1.54, 1.807) is 19.1 Å². The lowest BCUT2D eigenvalue weighted by Gasteiger charge is -2.11. The summed E-state index contributed by atoms with van der Waals surface area (Å²) in [6, 6.07) is 7.05. The third kappa shape index (κ3) is 4.78. The van der Waals surface area contributed by atoms with Crippen LogP contribution in [0.2, 0.25) is 0 Å². The molecular weight excluding hydrogens is 260 g/mol. The minimum Gasteiger partial charge on any atom is -0.300 e. The van der Waals surface area contributed by atoms with Crippen molar-refractivity contribution < 1.29 is 13.2 Å². The van der Waals surface area contributed by atoms with Crippen LogP contribution in [0.3, 0.4) is 0 Å². The van der Waals surface area contributed by atoms with Crippen molar-refractivity contribution in [3.63, 3.8) is 0 Å². The van der Waals surface area contributed by atoms with Gasteiger partial charge in [-0.1, -0.05) is 26.0 Å². The van der Waals surface area contributed by atoms with Gasteiger partial charge in [0.1, 0.15) is 5.78 Å². The summed E-state index contributed by atoms with van der Waals surface area (Å²) in [4.78, 5) is 11.3. The number of Topliss-reactive ketones (excluding diaryl/α,β-unsaturated/α-hetero) is 1. The molecule has 0 spiro atoms. The van der Waals surface area contributed by atoms with Crippen LogP contribution in [-0.4, -0.2) is 20.0 Å². The van der Waals surface area contributed by atoms with E-state index in [1.807, 2.05) is 19.1 Å². The Balaban J connectivity index is 2.79. The van der Waals surface area contributed by atoms with E-state index in [0.717, 1.165) is 12.0 Å². The number of rotatable bonds is 7. The summed E-state index contributed by atoms with van der Waals surface area (Å²) in [6.07, 6.45) is 1.99. The highest BCUT2D eigenvalue weighted by atomic mass is 32.2. The summed E-state index contributed by atoms with van der Waals surface area (Å²) < 4.78 is 23.8. The lowest BCUT2D eigenvalue weighted by Crippen LogP contribution is -2.06. The average molecular weight is 282 g/mol. The molecule has 0 heterocycles. The number of carbonyl (C=O) groups is 1. The van der Waals surface area contributed by atoms with Gasteiger partial charge in [-0.3, -0.25) is 0 Å². The summed E-state index contributed by atoms with van der Waals surface area (Å²) in [5.41, 5.74) is 1.08. The Hall–Kier alpha value is -1.16. The zero-order valence-corrected chi connectivity index (χ0v) is 12.7. The van der Waals surface area contributed by atoms with Crippen molar-refractivity contribution in [1.82, 2.24) is 0 Å². The Morgan fingerprint density at radius 3 is 2.26 bits per heavy atom. The lowest BCUT2D eigenvalue weighted by molar-refractivity contribution is -0.117. The Labute approximate surface area is 116 Å². The van der Waals surface area contributed by atoms with Crippen molar-refractivity contribution >= 4 is 15.6 Å². The highest BCUT2D eigenvalue weighted by Crippen LogP contribution is 2.22. The fraction of sp³-hybridized carbons (Fsp3) is 0.533. The first kappa shape index (κ1) is 15.9. The molecule has 1 aromatic carbocycles. The van der Waals surface area contributed by atoms with Crippen molar-refractivity contribution in [3.8, 4) is 0 Å². The highest BCUT2D eigenvalue weighted by Gasteiger charge is 2.14. The lowest BCUT2D eigenvalue weighted by atomic mass is 9.95. The second-order valence-corrected chi connectivity index (χ2v) is 7.14. The van der Waals surface area contributed by atoms with Crippen LogP contribution in [0, 0.1) is 0 Å². The van der Waals surface area contributed by atoms with Crippen LogP contribution in [0.1, 0.15) is 51.5 Å². The quantitative estimate of drug-likeness (QED) is 0.770. The second kappa shape index (κ2) is 6.85. The molecule has 0 N–H and O–H groups in total. The Morgan fingerprint density at radius 1 is 1.21 bits per heavy atom. The van der Waals surface area contributed by atoms with Crippen LogP contribution >= 0.6 is 0 Å². The van der Waals surface area contributed by atoms with Gasteiger partial charge in [-0.15, -0.1) is 0 Å². The maximum Gasteiger partial charge on any atom is 0.178 e. The number of hydrogen-bond acceptors (Lipinski definition) is 3. The molecule has 1 unspecified atom stereocenters. The van der Waals surface area contributed by atoms with Gasteiger partial charge in [-0.2, -0.15) is 0 Å². The first-order valence-electron chi connectivity index (χ1n) is 6.69. The summed E-state index contributed by atoms with van der Waals surface area (Å²) in [5, 5.41) is 0. The number of sulfone groups is 1. The number of benzene rings is 1. The molecule has 3 nitrogen and oxygen atoms in total. The van der Waals surface area contributed by atoms with E-state index in [9.17, 15) is 13.2 Å². The van der Waals surface area contributed by atoms with E-state index in [0.29, 0.717) is 17.7 Å². The monoisotopic (exact) mass is 282 g/mol. The van der Waals surface area contributed by atoms with Gasteiger partial charge in [-0.25, -0.2) is 8.42 Å². The predicted octanol–water partition coefficient (Wildman–Crippen LogP) is 3.34. The Bertz CT molecular complexity index is 515. The number of carbonyl (C=O) groups excluding carboxylic acids is 1. The summed E-state index contributed by atoms with van der Waals surface area (Å²) in [7, 11) is -3.13. The summed E-state index contributed by atoms with van der Waals surface area (Å²) in [5.74, 6) is 0.646. The van der Waals surface area contributed by atoms with Gasteiger partial charge in [0.15, 0.2) is 9.84 Å². The molecule has 0 bridgehead atoms. The molecule has 0 aliphatic carbocycles.